The van der Waals surface area contributed by atoms with Gasteiger partial charge in [-0.2, -0.15) is 5.10 Å². The zero-order chi connectivity index (χ0) is 27.1. The van der Waals surface area contributed by atoms with Crippen molar-refractivity contribution in [2.75, 3.05) is 13.7 Å². The van der Waals surface area contributed by atoms with Crippen molar-refractivity contribution in [1.29, 1.82) is 0 Å². The van der Waals surface area contributed by atoms with E-state index < -0.39 is 27.1 Å². The molecule has 0 atom stereocenters. The summed E-state index contributed by atoms with van der Waals surface area (Å²) < 4.78 is 17.5. The fraction of sp³-hybridized carbons (Fsp3) is 0.130. The molecule has 0 aliphatic rings. The van der Waals surface area contributed by atoms with Crippen LogP contribution in [0.5, 0.6) is 23.0 Å². The van der Waals surface area contributed by atoms with E-state index >= 15 is 0 Å². The van der Waals surface area contributed by atoms with Gasteiger partial charge in [-0.15, -0.1) is 0 Å². The van der Waals surface area contributed by atoms with Crippen molar-refractivity contribution >= 4 is 55.4 Å². The van der Waals surface area contributed by atoms with E-state index in [4.69, 9.17) is 14.2 Å². The third kappa shape index (κ3) is 6.80. The summed E-state index contributed by atoms with van der Waals surface area (Å²) in [6.07, 6.45) is 1.28. The fourth-order valence-electron chi connectivity index (χ4n) is 3.05. The number of ether oxygens (including phenoxy) is 3. The van der Waals surface area contributed by atoms with E-state index in [0.717, 1.165) is 18.2 Å². The molecule has 0 saturated carbocycles. The van der Waals surface area contributed by atoms with Crippen LogP contribution in [0.4, 0.5) is 11.4 Å². The summed E-state index contributed by atoms with van der Waals surface area (Å²) in [5.74, 6) is 0.251. The molecule has 12 nitrogen and oxygen atoms in total. The van der Waals surface area contributed by atoms with Gasteiger partial charge in [-0.1, -0.05) is 15.9 Å². The first-order valence-electron chi connectivity index (χ1n) is 10.4. The van der Waals surface area contributed by atoms with Crippen molar-refractivity contribution in [3.8, 4) is 23.0 Å². The van der Waals surface area contributed by atoms with Crippen LogP contribution in [-0.4, -0.2) is 35.7 Å². The molecule has 0 heterocycles. The third-order valence-electron chi connectivity index (χ3n) is 4.69. The van der Waals surface area contributed by atoms with Crippen LogP contribution in [-0.2, 0) is 0 Å². The van der Waals surface area contributed by atoms with E-state index in [2.05, 4.69) is 42.4 Å². The van der Waals surface area contributed by atoms with Gasteiger partial charge in [0.15, 0.2) is 17.2 Å². The molecular formula is C23H18Br2N4O8. The number of carbonyl (C=O) groups is 1. The number of nitrogens with zero attached hydrogens (tertiary/aromatic N) is 3. The predicted octanol–water partition coefficient (Wildman–Crippen LogP) is 5.99. The highest BCUT2D eigenvalue weighted by Gasteiger charge is 2.23. The minimum atomic E-state index is -0.784. The zero-order valence-electron chi connectivity index (χ0n) is 19.3. The summed E-state index contributed by atoms with van der Waals surface area (Å²) in [5, 5.41) is 26.5. The molecular weight excluding hydrogens is 620 g/mol. The third-order valence-corrected chi connectivity index (χ3v) is 5.74. The Hall–Kier alpha value is -4.04. The highest BCUT2D eigenvalue weighted by Crippen LogP contribution is 2.40. The monoisotopic (exact) mass is 636 g/mol. The fourth-order valence-corrected chi connectivity index (χ4v) is 4.39. The number of halogens is 2. The summed E-state index contributed by atoms with van der Waals surface area (Å²) in [7, 11) is 1.46. The maximum absolute atomic E-state index is 12.6. The first-order chi connectivity index (χ1) is 17.6. The standard InChI is InChI=1S/C23H18Br2N4O8/c1-3-36-20-6-4-13(9-21(20)35-2)23(30)27-26-12-14-8-15(24)10-17(25)22(14)37-19-7-5-16(28(31)32)11-18(19)29(33)34/h4-12H,3H2,1-2H3,(H,27,30)/b26-12+. The number of hydrogen-bond donors (Lipinski definition) is 1. The normalized spacial score (nSPS) is 10.7. The lowest BCUT2D eigenvalue weighted by Crippen LogP contribution is -2.17. The number of hydrazone groups is 1. The molecule has 0 aliphatic carbocycles. The van der Waals surface area contributed by atoms with E-state index in [-0.39, 0.29) is 17.1 Å². The van der Waals surface area contributed by atoms with Gasteiger partial charge in [0.2, 0.25) is 5.75 Å². The molecule has 1 N–H and O–H groups in total. The van der Waals surface area contributed by atoms with Crippen molar-refractivity contribution in [3.63, 3.8) is 0 Å². The Kier molecular flexibility index (Phi) is 9.14. The van der Waals surface area contributed by atoms with Gasteiger partial charge in [0.25, 0.3) is 11.6 Å². The first-order valence-corrected chi connectivity index (χ1v) is 12.0. The van der Waals surface area contributed by atoms with Crippen LogP contribution >= 0.6 is 31.9 Å². The lowest BCUT2D eigenvalue weighted by Gasteiger charge is -2.12. The number of carbonyl (C=O) groups excluding carboxylic acids is 1. The number of nitro benzene ring substituents is 2. The highest BCUT2D eigenvalue weighted by molar-refractivity contribution is 9.11. The largest absolute Gasteiger partial charge is 0.493 e. The molecule has 1 amide bonds. The van der Waals surface area contributed by atoms with Gasteiger partial charge < -0.3 is 14.2 Å². The van der Waals surface area contributed by atoms with E-state index in [9.17, 15) is 25.0 Å². The highest BCUT2D eigenvalue weighted by atomic mass is 79.9. The second-order valence-corrected chi connectivity index (χ2v) is 8.84. The molecule has 0 radical (unpaired) electrons. The quantitative estimate of drug-likeness (QED) is 0.161. The van der Waals surface area contributed by atoms with E-state index in [1.54, 1.807) is 24.3 Å². The SMILES string of the molecule is CCOc1ccc(C(=O)N/N=C/c2cc(Br)cc(Br)c2Oc2ccc([N+](=O)[O-])cc2[N+](=O)[O-])cc1OC. The summed E-state index contributed by atoms with van der Waals surface area (Å²) >= 11 is 6.68. The van der Waals surface area contributed by atoms with Crippen LogP contribution in [0.3, 0.4) is 0 Å². The summed E-state index contributed by atoms with van der Waals surface area (Å²) in [5.41, 5.74) is 1.95. The second kappa shape index (κ2) is 12.3. The number of amides is 1. The number of non-ortho nitro benzene ring substituents is 1. The Morgan fingerprint density at radius 3 is 2.41 bits per heavy atom. The van der Waals surface area contributed by atoms with Gasteiger partial charge in [0, 0.05) is 21.7 Å². The second-order valence-electron chi connectivity index (χ2n) is 7.07. The lowest BCUT2D eigenvalue weighted by atomic mass is 10.2. The topological polar surface area (TPSA) is 155 Å². The van der Waals surface area contributed by atoms with Crippen LogP contribution in [0.25, 0.3) is 0 Å². The molecule has 3 rings (SSSR count). The molecule has 192 valence electrons. The Morgan fingerprint density at radius 2 is 1.76 bits per heavy atom. The number of nitrogens with one attached hydrogen (secondary N) is 1. The summed E-state index contributed by atoms with van der Waals surface area (Å²) in [4.78, 5) is 33.6. The summed E-state index contributed by atoms with van der Waals surface area (Å²) in [6, 6.07) is 10.9. The predicted molar refractivity (Wildman–Crippen MR) is 141 cm³/mol. The van der Waals surface area contributed by atoms with Crippen molar-refractivity contribution in [1.82, 2.24) is 5.43 Å². The lowest BCUT2D eigenvalue weighted by molar-refractivity contribution is -0.394. The Morgan fingerprint density at radius 1 is 1.03 bits per heavy atom. The van der Waals surface area contributed by atoms with Gasteiger partial charge in [0.05, 0.1) is 40.3 Å². The molecule has 0 bridgehead atoms. The van der Waals surface area contributed by atoms with E-state index in [0.29, 0.717) is 32.6 Å². The number of rotatable bonds is 10. The van der Waals surface area contributed by atoms with Crippen molar-refractivity contribution in [3.05, 3.63) is 88.8 Å². The van der Waals surface area contributed by atoms with Gasteiger partial charge >= 0.3 is 5.69 Å². The molecule has 0 saturated heterocycles. The van der Waals surface area contributed by atoms with Gasteiger partial charge in [-0.05, 0) is 59.3 Å². The van der Waals surface area contributed by atoms with E-state index in [1.807, 2.05) is 6.92 Å². The van der Waals surface area contributed by atoms with Crippen LogP contribution < -0.4 is 19.6 Å². The minimum Gasteiger partial charge on any atom is -0.493 e. The van der Waals surface area contributed by atoms with Crippen LogP contribution in [0.1, 0.15) is 22.8 Å². The maximum atomic E-state index is 12.6. The van der Waals surface area contributed by atoms with Crippen molar-refractivity contribution in [2.24, 2.45) is 5.10 Å². The first kappa shape index (κ1) is 27.5. The molecule has 3 aromatic carbocycles. The average Bonchev–Trinajstić information content (AvgIpc) is 2.86. The minimum absolute atomic E-state index is 0.126. The molecule has 14 heteroatoms. The maximum Gasteiger partial charge on any atom is 0.318 e. The molecule has 37 heavy (non-hydrogen) atoms. The average molecular weight is 638 g/mol. The Balaban J connectivity index is 1.88. The number of benzene rings is 3. The Bertz CT molecular complexity index is 1400. The number of methoxy groups -OCH3 is 1. The van der Waals surface area contributed by atoms with Crippen molar-refractivity contribution in [2.45, 2.75) is 6.92 Å². The molecule has 0 unspecified atom stereocenters. The van der Waals surface area contributed by atoms with Crippen LogP contribution in [0, 0.1) is 20.2 Å². The van der Waals surface area contributed by atoms with Crippen LogP contribution in [0.2, 0.25) is 0 Å². The molecule has 3 aromatic rings. The Labute approximate surface area is 226 Å². The van der Waals surface area contributed by atoms with Crippen LogP contribution in [0.15, 0.2) is 62.6 Å². The van der Waals surface area contributed by atoms with Crippen molar-refractivity contribution < 1.29 is 28.9 Å². The number of nitro groups is 2. The molecule has 0 aromatic heterocycles. The smallest absolute Gasteiger partial charge is 0.318 e. The molecule has 0 spiro atoms. The van der Waals surface area contributed by atoms with Gasteiger partial charge in [-0.3, -0.25) is 25.0 Å². The number of hydrogen-bond acceptors (Lipinski definition) is 9. The van der Waals surface area contributed by atoms with Gasteiger partial charge in [0.1, 0.15) is 0 Å². The molecule has 0 aliphatic heterocycles. The summed E-state index contributed by atoms with van der Waals surface area (Å²) in [6.45, 7) is 2.26. The molecule has 0 fully saturated rings. The van der Waals surface area contributed by atoms with Gasteiger partial charge in [-0.25, -0.2) is 5.43 Å². The van der Waals surface area contributed by atoms with E-state index in [1.165, 1.54) is 19.4 Å². The zero-order valence-corrected chi connectivity index (χ0v) is 22.4.